The molecule has 0 aliphatic rings. The fourth-order valence-electron chi connectivity index (χ4n) is 4.02. The number of nitrogens with zero attached hydrogens (tertiary/aromatic N) is 3. The highest BCUT2D eigenvalue weighted by Crippen LogP contribution is 2.30. The Labute approximate surface area is 194 Å². The van der Waals surface area contributed by atoms with Crippen LogP contribution < -0.4 is 5.32 Å². The summed E-state index contributed by atoms with van der Waals surface area (Å²) in [6, 6.07) is 6.23. The van der Waals surface area contributed by atoms with Crippen molar-refractivity contribution in [3.8, 4) is 22.5 Å². The van der Waals surface area contributed by atoms with Crippen molar-refractivity contribution in [1.29, 1.82) is 0 Å². The van der Waals surface area contributed by atoms with Crippen LogP contribution in [0, 0.1) is 6.92 Å². The van der Waals surface area contributed by atoms with Crippen LogP contribution in [-0.4, -0.2) is 36.5 Å². The molecule has 0 aliphatic carbocycles. The monoisotopic (exact) mass is 444 g/mol. The smallest absolute Gasteiger partial charge is 0.181 e. The van der Waals surface area contributed by atoms with E-state index in [-0.39, 0.29) is 0 Å². The minimum Gasteiger partial charge on any atom is -0.374 e. The Balaban J connectivity index is 1.61. The van der Waals surface area contributed by atoms with E-state index in [4.69, 9.17) is 0 Å². The van der Waals surface area contributed by atoms with Gasteiger partial charge in [-0.15, -0.1) is 6.58 Å². The van der Waals surface area contributed by atoms with E-state index in [0.717, 1.165) is 65.7 Å². The quantitative estimate of drug-likeness (QED) is 0.134. The van der Waals surface area contributed by atoms with Gasteiger partial charge in [-0.3, -0.25) is 10.1 Å². The lowest BCUT2D eigenvalue weighted by Crippen LogP contribution is -2.18. The van der Waals surface area contributed by atoms with Crippen LogP contribution in [0.5, 0.6) is 0 Å². The first-order valence-electron chi connectivity index (χ1n) is 11.6. The van der Waals surface area contributed by atoms with E-state index in [0.29, 0.717) is 12.1 Å². The molecule has 0 aliphatic heterocycles. The molecule has 4 aromatic heterocycles. The largest absolute Gasteiger partial charge is 0.374 e. The third-order valence-corrected chi connectivity index (χ3v) is 5.87. The van der Waals surface area contributed by atoms with Gasteiger partial charge in [0.2, 0.25) is 0 Å². The van der Waals surface area contributed by atoms with Gasteiger partial charge in [-0.25, -0.2) is 4.98 Å². The SMILES string of the molecule is C=CCCCc1[nH]c(-c2[nH]nc3ncc(-c4cncc(NC(O)CCCC)c4)cc23)cc1C. The van der Waals surface area contributed by atoms with Gasteiger partial charge in [0.1, 0.15) is 6.23 Å². The van der Waals surface area contributed by atoms with E-state index in [1.165, 1.54) is 11.3 Å². The number of aromatic amines is 2. The molecule has 0 amide bonds. The van der Waals surface area contributed by atoms with Crippen LogP contribution >= 0.6 is 0 Å². The second-order valence-electron chi connectivity index (χ2n) is 8.48. The number of unbranched alkanes of at least 4 members (excludes halogenated alkanes) is 2. The number of aromatic nitrogens is 5. The Hall–Kier alpha value is -3.45. The zero-order valence-corrected chi connectivity index (χ0v) is 19.4. The summed E-state index contributed by atoms with van der Waals surface area (Å²) in [7, 11) is 0. The Kier molecular flexibility index (Phi) is 7.19. The molecule has 33 heavy (non-hydrogen) atoms. The molecule has 1 unspecified atom stereocenters. The van der Waals surface area contributed by atoms with Crippen molar-refractivity contribution in [2.45, 2.75) is 58.6 Å². The molecule has 7 nitrogen and oxygen atoms in total. The summed E-state index contributed by atoms with van der Waals surface area (Å²) in [6.45, 7) is 8.05. The highest BCUT2D eigenvalue weighted by molar-refractivity contribution is 5.92. The fraction of sp³-hybridized carbons (Fsp3) is 0.346. The summed E-state index contributed by atoms with van der Waals surface area (Å²) in [4.78, 5) is 12.5. The van der Waals surface area contributed by atoms with Gasteiger partial charge in [-0.05, 0) is 62.8 Å². The van der Waals surface area contributed by atoms with Crippen molar-refractivity contribution < 1.29 is 5.11 Å². The van der Waals surface area contributed by atoms with Crippen molar-refractivity contribution in [1.82, 2.24) is 25.1 Å². The molecule has 0 spiro atoms. The van der Waals surface area contributed by atoms with E-state index >= 15 is 0 Å². The third-order valence-electron chi connectivity index (χ3n) is 5.87. The van der Waals surface area contributed by atoms with E-state index in [9.17, 15) is 5.11 Å². The molecule has 4 aromatic rings. The van der Waals surface area contributed by atoms with Gasteiger partial charge in [-0.1, -0.05) is 19.4 Å². The molecule has 4 N–H and O–H groups in total. The van der Waals surface area contributed by atoms with Crippen LogP contribution in [0.25, 0.3) is 33.5 Å². The van der Waals surface area contributed by atoms with Crippen molar-refractivity contribution >= 4 is 16.7 Å². The number of fused-ring (bicyclic) bond motifs is 1. The summed E-state index contributed by atoms with van der Waals surface area (Å²) in [5.41, 5.74) is 7.74. The number of rotatable bonds is 11. The van der Waals surface area contributed by atoms with Crippen LogP contribution in [0.15, 0.2) is 49.4 Å². The fourth-order valence-corrected chi connectivity index (χ4v) is 4.02. The van der Waals surface area contributed by atoms with Gasteiger partial charge < -0.3 is 15.4 Å². The molecule has 7 heteroatoms. The van der Waals surface area contributed by atoms with Crippen LogP contribution in [0.4, 0.5) is 5.69 Å². The van der Waals surface area contributed by atoms with Gasteiger partial charge in [0.15, 0.2) is 5.65 Å². The topological polar surface area (TPSA) is 103 Å². The van der Waals surface area contributed by atoms with E-state index < -0.39 is 6.23 Å². The number of anilines is 1. The molecular formula is C26H32N6O. The van der Waals surface area contributed by atoms with E-state index in [1.807, 2.05) is 24.5 Å². The first-order valence-corrected chi connectivity index (χ1v) is 11.6. The molecule has 0 radical (unpaired) electrons. The highest BCUT2D eigenvalue weighted by Gasteiger charge is 2.14. The van der Waals surface area contributed by atoms with Gasteiger partial charge in [-0.2, -0.15) is 5.10 Å². The predicted octanol–water partition coefficient (Wildman–Crippen LogP) is 5.75. The molecular weight excluding hydrogens is 412 g/mol. The molecule has 0 bridgehead atoms. The average Bonchev–Trinajstić information content (AvgIpc) is 3.40. The summed E-state index contributed by atoms with van der Waals surface area (Å²) in [5, 5.41) is 21.8. The standard InChI is InChI=1S/C26H32N6O/c1-4-6-8-9-22-17(3)11-23(30-22)25-21-13-19(15-28-26(21)32-31-25)18-12-20(16-27-14-18)29-24(33)10-7-5-2/h4,11-16,24,29-30,33H,1,5-10H2,2-3H3,(H,28,31,32). The lowest BCUT2D eigenvalue weighted by Gasteiger charge is -2.14. The predicted molar refractivity (Wildman–Crippen MR) is 134 cm³/mol. The van der Waals surface area contributed by atoms with Crippen molar-refractivity contribution in [2.24, 2.45) is 0 Å². The summed E-state index contributed by atoms with van der Waals surface area (Å²) in [6.07, 6.45) is 12.5. The number of aliphatic hydroxyl groups excluding tert-OH is 1. The number of pyridine rings is 2. The van der Waals surface area contributed by atoms with Crippen molar-refractivity contribution in [3.63, 3.8) is 0 Å². The van der Waals surface area contributed by atoms with Crippen LogP contribution in [0.2, 0.25) is 0 Å². The second kappa shape index (κ2) is 10.4. The lowest BCUT2D eigenvalue weighted by atomic mass is 10.1. The first-order chi connectivity index (χ1) is 16.1. The van der Waals surface area contributed by atoms with Crippen LogP contribution in [0.3, 0.4) is 0 Å². The Morgan fingerprint density at radius 1 is 1.15 bits per heavy atom. The Bertz CT molecular complexity index is 1220. The van der Waals surface area contributed by atoms with Gasteiger partial charge in [0.05, 0.1) is 23.3 Å². The Morgan fingerprint density at radius 3 is 2.82 bits per heavy atom. The maximum absolute atomic E-state index is 10.2. The molecule has 172 valence electrons. The summed E-state index contributed by atoms with van der Waals surface area (Å²) >= 11 is 0. The molecule has 4 heterocycles. The number of allylic oxidation sites excluding steroid dienone is 1. The number of aryl methyl sites for hydroxylation is 2. The highest BCUT2D eigenvalue weighted by atomic mass is 16.3. The number of nitrogens with one attached hydrogen (secondary N) is 3. The summed E-state index contributed by atoms with van der Waals surface area (Å²) < 4.78 is 0. The normalized spacial score (nSPS) is 12.2. The third kappa shape index (κ3) is 5.31. The minimum atomic E-state index is -0.583. The minimum absolute atomic E-state index is 0.583. The molecule has 0 fully saturated rings. The summed E-state index contributed by atoms with van der Waals surface area (Å²) in [5.74, 6) is 0. The maximum Gasteiger partial charge on any atom is 0.181 e. The first kappa shape index (κ1) is 22.7. The maximum atomic E-state index is 10.2. The molecule has 0 saturated heterocycles. The van der Waals surface area contributed by atoms with Gasteiger partial charge in [0.25, 0.3) is 0 Å². The number of hydrogen-bond acceptors (Lipinski definition) is 5. The molecule has 4 rings (SSSR count). The van der Waals surface area contributed by atoms with Crippen LogP contribution in [0.1, 0.15) is 50.3 Å². The Morgan fingerprint density at radius 2 is 2.00 bits per heavy atom. The number of H-pyrrole nitrogens is 2. The number of aliphatic hydroxyl groups is 1. The average molecular weight is 445 g/mol. The molecule has 0 aromatic carbocycles. The van der Waals surface area contributed by atoms with Crippen LogP contribution in [-0.2, 0) is 6.42 Å². The second-order valence-corrected chi connectivity index (χ2v) is 8.48. The zero-order chi connectivity index (χ0) is 23.2. The van der Waals surface area contributed by atoms with Gasteiger partial charge in [0, 0.05) is 34.6 Å². The van der Waals surface area contributed by atoms with Gasteiger partial charge >= 0.3 is 0 Å². The lowest BCUT2D eigenvalue weighted by molar-refractivity contribution is 0.190. The number of hydrogen-bond donors (Lipinski definition) is 4. The molecule has 1 atom stereocenters. The van der Waals surface area contributed by atoms with E-state index in [2.05, 4.69) is 63.0 Å². The van der Waals surface area contributed by atoms with E-state index in [1.54, 1.807) is 6.20 Å². The zero-order valence-electron chi connectivity index (χ0n) is 19.4. The van der Waals surface area contributed by atoms with Crippen molar-refractivity contribution in [3.05, 3.63) is 60.7 Å². The van der Waals surface area contributed by atoms with Crippen molar-refractivity contribution in [2.75, 3.05) is 5.32 Å². The molecule has 0 saturated carbocycles.